The van der Waals surface area contributed by atoms with Crippen LogP contribution >= 0.6 is 0 Å². The van der Waals surface area contributed by atoms with Crippen LogP contribution in [0.25, 0.3) is 0 Å². The van der Waals surface area contributed by atoms with E-state index in [1.807, 2.05) is 11.9 Å². The van der Waals surface area contributed by atoms with Gasteiger partial charge in [-0.1, -0.05) is 0 Å². The fourth-order valence-corrected chi connectivity index (χ4v) is 2.63. The molecule has 0 aromatic carbocycles. The molecule has 0 saturated carbocycles. The molecule has 0 bridgehead atoms. The summed E-state index contributed by atoms with van der Waals surface area (Å²) >= 11 is 0. The molecule has 0 unspecified atom stereocenters. The maximum absolute atomic E-state index is 11.1. The molecule has 2 N–H and O–H groups in total. The van der Waals surface area contributed by atoms with Gasteiger partial charge in [-0.3, -0.25) is 4.57 Å². The molecule has 1 aliphatic rings. The first-order chi connectivity index (χ1) is 10.0. The zero-order valence-corrected chi connectivity index (χ0v) is 12.6. The van der Waals surface area contributed by atoms with Crippen LogP contribution in [0.2, 0.25) is 0 Å². The predicted octanol–water partition coefficient (Wildman–Crippen LogP) is 0.971. The Bertz CT molecular complexity index is 494. The summed E-state index contributed by atoms with van der Waals surface area (Å²) in [5.74, 6) is 1.19. The molecule has 2 heterocycles. The fourth-order valence-electron chi connectivity index (χ4n) is 2.63. The number of nitrogens with two attached hydrogens (primary N) is 1. The van der Waals surface area contributed by atoms with E-state index >= 15 is 0 Å². The number of ether oxygens (including phenoxy) is 1. The quantitative estimate of drug-likeness (QED) is 0.477. The smallest absolute Gasteiger partial charge is 0.378 e. The van der Waals surface area contributed by atoms with Crippen LogP contribution in [-0.2, 0) is 11.8 Å². The second-order valence-electron chi connectivity index (χ2n) is 5.32. The Hall–Kier alpha value is -1.67. The first-order valence-electron chi connectivity index (χ1n) is 7.29. The van der Waals surface area contributed by atoms with Gasteiger partial charge in [0.1, 0.15) is 0 Å². The number of rotatable bonds is 6. The van der Waals surface area contributed by atoms with Crippen LogP contribution in [0.3, 0.4) is 0 Å². The van der Waals surface area contributed by atoms with Crippen molar-refractivity contribution >= 4 is 11.6 Å². The molecule has 1 aromatic rings. The van der Waals surface area contributed by atoms with Gasteiger partial charge in [-0.2, -0.15) is 0 Å². The molecular formula is C13H23N5O3. The molecule has 1 saturated heterocycles. The number of hydrogen-bond donors (Lipinski definition) is 1. The lowest BCUT2D eigenvalue weighted by Gasteiger charge is -2.32. The Balaban J connectivity index is 2.01. The molecule has 0 spiro atoms. The van der Waals surface area contributed by atoms with E-state index in [-0.39, 0.29) is 11.9 Å². The van der Waals surface area contributed by atoms with E-state index in [0.29, 0.717) is 24.8 Å². The SMILES string of the molecule is Cc1nc([N+](=O)[O-])c(N2CCC(OCCCN)CC2)n1C. The van der Waals surface area contributed by atoms with Crippen molar-refractivity contribution in [1.82, 2.24) is 9.55 Å². The van der Waals surface area contributed by atoms with E-state index < -0.39 is 4.92 Å². The lowest BCUT2D eigenvalue weighted by molar-refractivity contribution is -0.388. The summed E-state index contributed by atoms with van der Waals surface area (Å²) in [5.41, 5.74) is 5.44. The Labute approximate surface area is 124 Å². The van der Waals surface area contributed by atoms with Crippen molar-refractivity contribution < 1.29 is 9.66 Å². The van der Waals surface area contributed by atoms with Gasteiger partial charge in [0.2, 0.25) is 11.6 Å². The fraction of sp³-hybridized carbons (Fsp3) is 0.769. The molecule has 2 rings (SSSR count). The predicted molar refractivity (Wildman–Crippen MR) is 79.5 cm³/mol. The Morgan fingerprint density at radius 2 is 2.14 bits per heavy atom. The third-order valence-electron chi connectivity index (χ3n) is 3.89. The van der Waals surface area contributed by atoms with Gasteiger partial charge in [0.05, 0.1) is 6.10 Å². The highest BCUT2D eigenvalue weighted by molar-refractivity contribution is 5.56. The maximum Gasteiger partial charge on any atom is 0.406 e. The minimum atomic E-state index is -0.411. The molecule has 1 aromatic heterocycles. The molecule has 0 atom stereocenters. The molecule has 118 valence electrons. The van der Waals surface area contributed by atoms with Gasteiger partial charge >= 0.3 is 5.82 Å². The molecular weight excluding hydrogens is 274 g/mol. The minimum absolute atomic E-state index is 0.0579. The van der Waals surface area contributed by atoms with Gasteiger partial charge in [-0.25, -0.2) is 0 Å². The average Bonchev–Trinajstić information content (AvgIpc) is 2.76. The second kappa shape index (κ2) is 6.86. The van der Waals surface area contributed by atoms with E-state index in [1.54, 1.807) is 11.5 Å². The molecule has 1 aliphatic heterocycles. The summed E-state index contributed by atoms with van der Waals surface area (Å²) in [6, 6.07) is 0. The molecule has 0 aliphatic carbocycles. The van der Waals surface area contributed by atoms with Gasteiger partial charge in [-0.15, -0.1) is 0 Å². The van der Waals surface area contributed by atoms with E-state index in [2.05, 4.69) is 4.98 Å². The maximum atomic E-state index is 11.1. The van der Waals surface area contributed by atoms with Crippen molar-refractivity contribution in [3.8, 4) is 0 Å². The number of piperidine rings is 1. The van der Waals surface area contributed by atoms with Gasteiger partial charge in [0.15, 0.2) is 0 Å². The van der Waals surface area contributed by atoms with E-state index in [4.69, 9.17) is 10.5 Å². The van der Waals surface area contributed by atoms with Crippen LogP contribution in [-0.4, -0.2) is 46.8 Å². The molecule has 0 amide bonds. The largest absolute Gasteiger partial charge is 0.406 e. The standard InChI is InChI=1S/C13H23N5O3/c1-10-15-12(18(19)20)13(16(10)2)17-7-4-11(5-8-17)21-9-3-6-14/h11H,3-9,14H2,1-2H3. The van der Waals surface area contributed by atoms with Gasteiger partial charge in [-0.05, 0) is 35.7 Å². The summed E-state index contributed by atoms with van der Waals surface area (Å²) in [4.78, 5) is 16.8. The van der Waals surface area contributed by atoms with E-state index in [0.717, 1.165) is 32.4 Å². The number of anilines is 1. The number of hydrogen-bond acceptors (Lipinski definition) is 6. The van der Waals surface area contributed by atoms with Crippen LogP contribution in [0.4, 0.5) is 11.6 Å². The third-order valence-corrected chi connectivity index (χ3v) is 3.89. The van der Waals surface area contributed by atoms with Crippen molar-refractivity contribution in [3.63, 3.8) is 0 Å². The van der Waals surface area contributed by atoms with Gasteiger partial charge in [0, 0.05) is 33.7 Å². The van der Waals surface area contributed by atoms with Crippen molar-refractivity contribution in [2.75, 3.05) is 31.1 Å². The summed E-state index contributed by atoms with van der Waals surface area (Å²) in [6.07, 6.45) is 2.83. The van der Waals surface area contributed by atoms with Gasteiger partial charge < -0.3 is 25.5 Å². The Morgan fingerprint density at radius 1 is 1.48 bits per heavy atom. The van der Waals surface area contributed by atoms with Crippen molar-refractivity contribution in [2.45, 2.75) is 32.3 Å². The molecule has 0 radical (unpaired) electrons. The highest BCUT2D eigenvalue weighted by Crippen LogP contribution is 2.30. The monoisotopic (exact) mass is 297 g/mol. The zero-order chi connectivity index (χ0) is 15.4. The van der Waals surface area contributed by atoms with Gasteiger partial charge in [0.25, 0.3) is 0 Å². The Kier molecular flexibility index (Phi) is 5.13. The normalized spacial score (nSPS) is 16.4. The number of aryl methyl sites for hydroxylation is 1. The molecule has 8 heteroatoms. The van der Waals surface area contributed by atoms with Crippen LogP contribution in [0, 0.1) is 17.0 Å². The highest BCUT2D eigenvalue weighted by atomic mass is 16.6. The van der Waals surface area contributed by atoms with Crippen molar-refractivity contribution in [3.05, 3.63) is 15.9 Å². The number of aromatic nitrogens is 2. The lowest BCUT2D eigenvalue weighted by atomic mass is 10.1. The van der Waals surface area contributed by atoms with Crippen LogP contribution < -0.4 is 10.6 Å². The van der Waals surface area contributed by atoms with Crippen LogP contribution in [0.1, 0.15) is 25.1 Å². The average molecular weight is 297 g/mol. The summed E-state index contributed by atoms with van der Waals surface area (Å²) in [5, 5.41) is 11.1. The highest BCUT2D eigenvalue weighted by Gasteiger charge is 2.31. The summed E-state index contributed by atoms with van der Waals surface area (Å²) < 4.78 is 7.54. The van der Waals surface area contributed by atoms with Crippen LogP contribution in [0.15, 0.2) is 0 Å². The minimum Gasteiger partial charge on any atom is -0.378 e. The topological polar surface area (TPSA) is 99.4 Å². The summed E-state index contributed by atoms with van der Waals surface area (Å²) in [6.45, 7) is 4.59. The number of nitrogens with zero attached hydrogens (tertiary/aromatic N) is 4. The zero-order valence-electron chi connectivity index (χ0n) is 12.6. The summed E-state index contributed by atoms with van der Waals surface area (Å²) in [7, 11) is 1.81. The second-order valence-corrected chi connectivity index (χ2v) is 5.32. The molecule has 1 fully saturated rings. The molecule has 21 heavy (non-hydrogen) atoms. The first kappa shape index (κ1) is 15.7. The molecule has 8 nitrogen and oxygen atoms in total. The third kappa shape index (κ3) is 3.51. The number of nitro groups is 1. The first-order valence-corrected chi connectivity index (χ1v) is 7.29. The van der Waals surface area contributed by atoms with E-state index in [9.17, 15) is 10.1 Å². The van der Waals surface area contributed by atoms with Crippen molar-refractivity contribution in [2.24, 2.45) is 12.8 Å². The number of imidazole rings is 1. The van der Waals surface area contributed by atoms with Crippen molar-refractivity contribution in [1.29, 1.82) is 0 Å². The van der Waals surface area contributed by atoms with E-state index in [1.165, 1.54) is 0 Å². The Morgan fingerprint density at radius 3 is 2.71 bits per heavy atom. The lowest BCUT2D eigenvalue weighted by Crippen LogP contribution is -2.38. The van der Waals surface area contributed by atoms with Crippen LogP contribution in [0.5, 0.6) is 0 Å².